The SMILES string of the molecule is Nc1nc2cnc(N3CCCCC3c3ccc4c(c3)C3(CC3)C(=O)N4)cc2c2c1COC2. The number of nitrogens with one attached hydrogen (secondary N) is 1. The summed E-state index contributed by atoms with van der Waals surface area (Å²) in [5.74, 6) is 1.69. The number of fused-ring (bicyclic) bond motifs is 5. The molecule has 7 nitrogen and oxygen atoms in total. The summed E-state index contributed by atoms with van der Waals surface area (Å²) in [7, 11) is 0. The smallest absolute Gasteiger partial charge is 0.235 e. The Kier molecular flexibility index (Phi) is 3.69. The van der Waals surface area contributed by atoms with E-state index in [2.05, 4.69) is 39.5 Å². The van der Waals surface area contributed by atoms with Crippen LogP contribution in [-0.2, 0) is 28.2 Å². The van der Waals surface area contributed by atoms with Crippen LogP contribution in [0.4, 0.5) is 17.3 Å². The standard InChI is InChI=1S/C25H25N5O2/c26-23-17-13-32-12-16(17)15-10-22(27-11-20(15)28-23)30-8-2-1-3-21(30)14-4-5-19-18(9-14)25(6-7-25)24(31)29-19/h4-5,9-11,21H,1-3,6-8,12-13H2,(H2,26,28)(H,29,31). The molecule has 1 amide bonds. The lowest BCUT2D eigenvalue weighted by Crippen LogP contribution is -2.34. The van der Waals surface area contributed by atoms with Crippen molar-refractivity contribution in [2.75, 3.05) is 22.5 Å². The molecular formula is C25H25N5O2. The summed E-state index contributed by atoms with van der Waals surface area (Å²) in [6, 6.07) is 8.95. The van der Waals surface area contributed by atoms with Crippen LogP contribution < -0.4 is 16.0 Å². The number of nitrogens with two attached hydrogens (primary N) is 1. The van der Waals surface area contributed by atoms with Crippen molar-refractivity contribution < 1.29 is 9.53 Å². The van der Waals surface area contributed by atoms with Crippen LogP contribution in [0.15, 0.2) is 30.5 Å². The van der Waals surface area contributed by atoms with Gasteiger partial charge in [-0.2, -0.15) is 0 Å². The molecule has 0 radical (unpaired) electrons. The number of pyridine rings is 2. The fourth-order valence-corrected chi connectivity index (χ4v) is 5.83. The summed E-state index contributed by atoms with van der Waals surface area (Å²) in [6.07, 6.45) is 7.17. The average Bonchev–Trinajstić information content (AvgIpc) is 3.38. The Morgan fingerprint density at radius 1 is 1.16 bits per heavy atom. The van der Waals surface area contributed by atoms with E-state index in [0.29, 0.717) is 19.0 Å². The minimum Gasteiger partial charge on any atom is -0.383 e. The first-order valence-electron chi connectivity index (χ1n) is 11.5. The van der Waals surface area contributed by atoms with Crippen LogP contribution >= 0.6 is 0 Å². The van der Waals surface area contributed by atoms with Gasteiger partial charge in [0.25, 0.3) is 0 Å². The van der Waals surface area contributed by atoms with Gasteiger partial charge in [0.15, 0.2) is 0 Å². The van der Waals surface area contributed by atoms with E-state index >= 15 is 0 Å². The number of ether oxygens (including phenoxy) is 1. The number of carbonyl (C=O) groups excluding carboxylic acids is 1. The van der Waals surface area contributed by atoms with Crippen LogP contribution in [0.3, 0.4) is 0 Å². The molecule has 5 heterocycles. The van der Waals surface area contributed by atoms with Gasteiger partial charge < -0.3 is 20.7 Å². The maximum absolute atomic E-state index is 12.5. The van der Waals surface area contributed by atoms with Gasteiger partial charge in [-0.15, -0.1) is 0 Å². The summed E-state index contributed by atoms with van der Waals surface area (Å²) in [5, 5.41) is 4.16. The molecule has 32 heavy (non-hydrogen) atoms. The number of hydrogen-bond acceptors (Lipinski definition) is 6. The molecule has 3 N–H and O–H groups in total. The molecule has 1 saturated carbocycles. The highest BCUT2D eigenvalue weighted by molar-refractivity contribution is 6.08. The second-order valence-electron chi connectivity index (χ2n) is 9.55. The van der Waals surface area contributed by atoms with Gasteiger partial charge in [-0.3, -0.25) is 4.79 Å². The van der Waals surface area contributed by atoms with Gasteiger partial charge in [-0.25, -0.2) is 9.97 Å². The summed E-state index contributed by atoms with van der Waals surface area (Å²) in [4.78, 5) is 24.3. The first kappa shape index (κ1) is 18.4. The van der Waals surface area contributed by atoms with Gasteiger partial charge in [-0.1, -0.05) is 12.1 Å². The molecule has 1 saturated heterocycles. The molecule has 1 unspecified atom stereocenters. The van der Waals surface area contributed by atoms with Gasteiger partial charge in [0.05, 0.1) is 36.4 Å². The number of nitrogens with zero attached hydrogens (tertiary/aromatic N) is 3. The minimum absolute atomic E-state index is 0.171. The number of amides is 1. The van der Waals surface area contributed by atoms with Gasteiger partial charge in [0.2, 0.25) is 5.91 Å². The van der Waals surface area contributed by atoms with Gasteiger partial charge in [0, 0.05) is 23.2 Å². The van der Waals surface area contributed by atoms with Crippen molar-refractivity contribution in [3.8, 4) is 0 Å². The zero-order chi connectivity index (χ0) is 21.4. The Morgan fingerprint density at radius 2 is 2.03 bits per heavy atom. The second-order valence-corrected chi connectivity index (χ2v) is 9.55. The number of aromatic nitrogens is 2. The first-order chi connectivity index (χ1) is 15.6. The molecule has 0 bridgehead atoms. The maximum atomic E-state index is 12.5. The van der Waals surface area contributed by atoms with Crippen LogP contribution in [-0.4, -0.2) is 22.4 Å². The fourth-order valence-electron chi connectivity index (χ4n) is 5.83. The molecular weight excluding hydrogens is 402 g/mol. The maximum Gasteiger partial charge on any atom is 0.235 e. The van der Waals surface area contributed by atoms with E-state index in [9.17, 15) is 4.79 Å². The van der Waals surface area contributed by atoms with Gasteiger partial charge >= 0.3 is 0 Å². The zero-order valence-electron chi connectivity index (χ0n) is 17.9. The summed E-state index contributed by atoms with van der Waals surface area (Å²) >= 11 is 0. The van der Waals surface area contributed by atoms with Crippen molar-refractivity contribution in [2.24, 2.45) is 0 Å². The molecule has 1 spiro atoms. The molecule has 3 aliphatic heterocycles. The second kappa shape index (κ2) is 6.42. The number of rotatable bonds is 2. The van der Waals surface area contributed by atoms with Crippen molar-refractivity contribution in [1.82, 2.24) is 9.97 Å². The Balaban J connectivity index is 1.30. The largest absolute Gasteiger partial charge is 0.383 e. The van der Waals surface area contributed by atoms with Crippen molar-refractivity contribution in [1.29, 1.82) is 0 Å². The lowest BCUT2D eigenvalue weighted by atomic mass is 9.90. The van der Waals surface area contributed by atoms with Crippen LogP contribution in [0.2, 0.25) is 0 Å². The molecule has 7 heteroatoms. The van der Waals surface area contributed by atoms with Crippen molar-refractivity contribution in [3.63, 3.8) is 0 Å². The van der Waals surface area contributed by atoms with Crippen molar-refractivity contribution >= 4 is 34.1 Å². The predicted octanol–water partition coefficient (Wildman–Crippen LogP) is 3.96. The van der Waals surface area contributed by atoms with Crippen LogP contribution in [0, 0.1) is 0 Å². The van der Waals surface area contributed by atoms with Crippen LogP contribution in [0.1, 0.15) is 60.4 Å². The fraction of sp³-hybridized carbons (Fsp3) is 0.400. The Bertz CT molecular complexity index is 1300. The number of hydrogen-bond donors (Lipinski definition) is 2. The third-order valence-corrected chi connectivity index (χ3v) is 7.77. The van der Waals surface area contributed by atoms with E-state index in [-0.39, 0.29) is 17.4 Å². The molecule has 3 aromatic rings. The highest BCUT2D eigenvalue weighted by Gasteiger charge is 2.56. The normalized spacial score (nSPS) is 22.8. The molecule has 162 valence electrons. The predicted molar refractivity (Wildman–Crippen MR) is 122 cm³/mol. The molecule has 4 aliphatic rings. The third-order valence-electron chi connectivity index (χ3n) is 7.77. The van der Waals surface area contributed by atoms with E-state index in [0.717, 1.165) is 65.8 Å². The number of nitrogen functional groups attached to an aromatic ring is 1. The number of carbonyl (C=O) groups is 1. The number of anilines is 3. The lowest BCUT2D eigenvalue weighted by molar-refractivity contribution is -0.117. The zero-order valence-corrected chi connectivity index (χ0v) is 17.9. The van der Waals surface area contributed by atoms with Crippen molar-refractivity contribution in [3.05, 3.63) is 52.7 Å². The van der Waals surface area contributed by atoms with Gasteiger partial charge in [0.1, 0.15) is 11.6 Å². The molecule has 1 atom stereocenters. The van der Waals surface area contributed by atoms with E-state index in [1.54, 1.807) is 0 Å². The summed E-state index contributed by atoms with van der Waals surface area (Å²) in [5.41, 5.74) is 12.3. The van der Waals surface area contributed by atoms with Gasteiger partial charge in [-0.05, 0) is 60.9 Å². The molecule has 1 aliphatic carbocycles. The van der Waals surface area contributed by atoms with Crippen LogP contribution in [0.5, 0.6) is 0 Å². The number of benzene rings is 1. The minimum atomic E-state index is -0.266. The summed E-state index contributed by atoms with van der Waals surface area (Å²) in [6.45, 7) is 2.06. The third kappa shape index (κ3) is 2.48. The van der Waals surface area contributed by atoms with E-state index in [4.69, 9.17) is 15.5 Å². The average molecular weight is 428 g/mol. The molecule has 2 aromatic heterocycles. The van der Waals surface area contributed by atoms with E-state index in [1.807, 2.05) is 6.20 Å². The Labute approximate surface area is 186 Å². The highest BCUT2D eigenvalue weighted by Crippen LogP contribution is 2.55. The van der Waals surface area contributed by atoms with E-state index < -0.39 is 0 Å². The van der Waals surface area contributed by atoms with E-state index in [1.165, 1.54) is 17.5 Å². The number of piperidine rings is 1. The highest BCUT2D eigenvalue weighted by atomic mass is 16.5. The monoisotopic (exact) mass is 427 g/mol. The Hall–Kier alpha value is -3.19. The van der Waals surface area contributed by atoms with Crippen molar-refractivity contribution in [2.45, 2.75) is 56.8 Å². The Morgan fingerprint density at radius 3 is 2.91 bits per heavy atom. The van der Waals surface area contributed by atoms with Crippen LogP contribution in [0.25, 0.3) is 10.9 Å². The first-order valence-corrected chi connectivity index (χ1v) is 11.5. The molecule has 2 fully saturated rings. The lowest BCUT2D eigenvalue weighted by Gasteiger charge is -2.37. The summed E-state index contributed by atoms with van der Waals surface area (Å²) < 4.78 is 5.67. The quantitative estimate of drug-likeness (QED) is 0.643. The molecule has 7 rings (SSSR count). The molecule has 1 aromatic carbocycles. The topological polar surface area (TPSA) is 93.4 Å².